The highest BCUT2D eigenvalue weighted by molar-refractivity contribution is 7.92. The molecule has 1 aromatic heterocycles. The fourth-order valence-corrected chi connectivity index (χ4v) is 6.53. The van der Waals surface area contributed by atoms with E-state index in [2.05, 4.69) is 5.10 Å². The second-order valence-electron chi connectivity index (χ2n) is 8.34. The van der Waals surface area contributed by atoms with Gasteiger partial charge in [-0.1, -0.05) is 12.1 Å². The van der Waals surface area contributed by atoms with Crippen molar-refractivity contribution in [2.45, 2.75) is 47.5 Å². The van der Waals surface area contributed by atoms with Crippen molar-refractivity contribution >= 4 is 21.6 Å². The molecule has 12 heteroatoms. The summed E-state index contributed by atoms with van der Waals surface area (Å²) < 4.78 is 73.8. The highest BCUT2D eigenvalue weighted by Crippen LogP contribution is 2.39. The topological polar surface area (TPSA) is 102 Å². The van der Waals surface area contributed by atoms with Crippen LogP contribution in [-0.2, 0) is 32.6 Å². The monoisotopic (exact) mass is 487 g/mol. The Morgan fingerprint density at radius 3 is 2.52 bits per heavy atom. The number of hydrogen-bond acceptors (Lipinski definition) is 6. The van der Waals surface area contributed by atoms with E-state index in [1.165, 1.54) is 11.0 Å². The van der Waals surface area contributed by atoms with Gasteiger partial charge in [0, 0.05) is 44.5 Å². The third-order valence-corrected chi connectivity index (χ3v) is 8.51. The van der Waals surface area contributed by atoms with Crippen molar-refractivity contribution in [3.63, 3.8) is 0 Å². The van der Waals surface area contributed by atoms with E-state index < -0.39 is 43.7 Å². The van der Waals surface area contributed by atoms with Crippen LogP contribution in [0.2, 0.25) is 0 Å². The second kappa shape index (κ2) is 8.64. The maximum absolute atomic E-state index is 13.4. The van der Waals surface area contributed by atoms with Crippen LogP contribution >= 0.6 is 0 Å². The normalized spacial score (nSPS) is 22.6. The fraction of sp³-hybridized carbons (Fsp3) is 0.524. The Balaban J connectivity index is 1.67. The third kappa shape index (κ3) is 4.45. The SMILES string of the molecule is Cn1nc(N2C[C@H](S(=O)(=O)c3ccccc3C(F)(F)F)C[C@H]2C(=O)O)cc1C1CCOCC1. The smallest absolute Gasteiger partial charge is 0.417 e. The standard InChI is InChI=1S/C21H24F3N3O5S/c1-26-16(13-6-8-32-9-7-13)11-19(25-26)27-12-14(10-17(27)20(28)29)33(30,31)18-5-3-2-4-15(18)21(22,23)24/h2-5,11,13-14,17H,6-10,12H2,1H3,(H,28,29)/t14-,17+/m1/s1. The summed E-state index contributed by atoms with van der Waals surface area (Å²) in [6.07, 6.45) is -3.63. The number of aliphatic carboxylic acids is 1. The summed E-state index contributed by atoms with van der Waals surface area (Å²) in [6.45, 7) is 0.937. The number of aryl methyl sites for hydroxylation is 1. The third-order valence-electron chi connectivity index (χ3n) is 6.32. The highest BCUT2D eigenvalue weighted by atomic mass is 32.2. The Hall–Kier alpha value is -2.60. The number of carboxylic acid groups (broad SMARTS) is 1. The van der Waals surface area contributed by atoms with Crippen molar-refractivity contribution in [1.82, 2.24) is 9.78 Å². The van der Waals surface area contributed by atoms with Gasteiger partial charge in [0.15, 0.2) is 15.7 Å². The predicted molar refractivity (Wildman–Crippen MR) is 112 cm³/mol. The van der Waals surface area contributed by atoms with Crippen LogP contribution in [0, 0.1) is 0 Å². The zero-order valence-electron chi connectivity index (χ0n) is 17.8. The molecule has 0 bridgehead atoms. The number of alkyl halides is 3. The largest absolute Gasteiger partial charge is 0.480 e. The molecule has 0 amide bonds. The molecule has 3 heterocycles. The quantitative estimate of drug-likeness (QED) is 0.692. The number of carbonyl (C=O) groups is 1. The van der Waals surface area contributed by atoms with E-state index in [0.29, 0.717) is 25.1 Å². The lowest BCUT2D eigenvalue weighted by Gasteiger charge is -2.22. The minimum Gasteiger partial charge on any atom is -0.480 e. The summed E-state index contributed by atoms with van der Waals surface area (Å²) in [5.41, 5.74) is -0.374. The lowest BCUT2D eigenvalue weighted by molar-refractivity contribution is -0.140. The van der Waals surface area contributed by atoms with E-state index in [1.807, 2.05) is 0 Å². The molecule has 2 atom stereocenters. The summed E-state index contributed by atoms with van der Waals surface area (Å²) >= 11 is 0. The fourth-order valence-electron chi connectivity index (χ4n) is 4.62. The van der Waals surface area contributed by atoms with Crippen LogP contribution < -0.4 is 4.90 Å². The zero-order chi connectivity index (χ0) is 24.0. The van der Waals surface area contributed by atoms with E-state index in [0.717, 1.165) is 30.7 Å². The first-order chi connectivity index (χ1) is 15.5. The van der Waals surface area contributed by atoms with Crippen molar-refractivity contribution in [3.8, 4) is 0 Å². The van der Waals surface area contributed by atoms with Crippen LogP contribution in [0.4, 0.5) is 19.0 Å². The van der Waals surface area contributed by atoms with Crippen molar-refractivity contribution in [1.29, 1.82) is 0 Å². The van der Waals surface area contributed by atoms with Gasteiger partial charge in [0.25, 0.3) is 0 Å². The first-order valence-electron chi connectivity index (χ1n) is 10.5. The number of carboxylic acids is 1. The zero-order valence-corrected chi connectivity index (χ0v) is 18.6. The van der Waals surface area contributed by atoms with Gasteiger partial charge < -0.3 is 14.7 Å². The molecule has 0 saturated carbocycles. The summed E-state index contributed by atoms with van der Waals surface area (Å²) in [4.78, 5) is 12.5. The van der Waals surface area contributed by atoms with E-state index in [1.54, 1.807) is 17.8 Å². The number of anilines is 1. The number of ether oxygens (including phenoxy) is 1. The lowest BCUT2D eigenvalue weighted by atomic mass is 9.96. The van der Waals surface area contributed by atoms with Gasteiger partial charge in [-0.2, -0.15) is 18.3 Å². The molecule has 2 aliphatic rings. The van der Waals surface area contributed by atoms with Gasteiger partial charge in [0.05, 0.1) is 15.7 Å². The summed E-state index contributed by atoms with van der Waals surface area (Å²) in [5.74, 6) is -0.780. The number of aromatic nitrogens is 2. The van der Waals surface area contributed by atoms with E-state index in [9.17, 15) is 31.5 Å². The predicted octanol–water partition coefficient (Wildman–Crippen LogP) is 2.84. The number of nitrogens with zero attached hydrogens (tertiary/aromatic N) is 3. The van der Waals surface area contributed by atoms with Crippen LogP contribution in [0.15, 0.2) is 35.2 Å². The van der Waals surface area contributed by atoms with Crippen LogP contribution in [0.1, 0.15) is 36.4 Å². The Bertz CT molecular complexity index is 1140. The molecular weight excluding hydrogens is 463 g/mol. The van der Waals surface area contributed by atoms with Gasteiger partial charge in [-0.25, -0.2) is 13.2 Å². The van der Waals surface area contributed by atoms with Gasteiger partial charge in [-0.05, 0) is 31.4 Å². The molecule has 33 heavy (non-hydrogen) atoms. The average Bonchev–Trinajstić information content (AvgIpc) is 3.38. The van der Waals surface area contributed by atoms with Crippen LogP contribution in [0.5, 0.6) is 0 Å². The molecule has 8 nitrogen and oxygen atoms in total. The molecule has 2 aliphatic heterocycles. The number of rotatable bonds is 5. The molecule has 0 spiro atoms. The number of halogens is 3. The average molecular weight is 488 g/mol. The molecular formula is C21H24F3N3O5S. The maximum Gasteiger partial charge on any atom is 0.417 e. The Labute approximate surface area is 188 Å². The summed E-state index contributed by atoms with van der Waals surface area (Å²) in [5, 5.41) is 12.8. The van der Waals surface area contributed by atoms with Crippen LogP contribution in [-0.4, -0.2) is 60.3 Å². The molecule has 2 aromatic rings. The number of benzene rings is 1. The van der Waals surface area contributed by atoms with Crippen molar-refractivity contribution in [2.75, 3.05) is 24.7 Å². The lowest BCUT2D eigenvalue weighted by Crippen LogP contribution is -2.36. The Morgan fingerprint density at radius 1 is 1.21 bits per heavy atom. The number of hydrogen-bond donors (Lipinski definition) is 1. The molecule has 2 saturated heterocycles. The second-order valence-corrected chi connectivity index (χ2v) is 10.5. The van der Waals surface area contributed by atoms with Gasteiger partial charge >= 0.3 is 12.1 Å². The molecule has 1 aromatic carbocycles. The minimum atomic E-state index is -4.85. The van der Waals surface area contributed by atoms with Crippen molar-refractivity contribution < 1.29 is 36.2 Å². The molecule has 0 aliphatic carbocycles. The molecule has 1 N–H and O–H groups in total. The number of sulfone groups is 1. The van der Waals surface area contributed by atoms with Gasteiger partial charge in [0.2, 0.25) is 0 Å². The molecule has 180 valence electrons. The van der Waals surface area contributed by atoms with Crippen molar-refractivity contribution in [2.24, 2.45) is 7.05 Å². The molecule has 0 radical (unpaired) electrons. The van der Waals surface area contributed by atoms with Gasteiger partial charge in [-0.15, -0.1) is 0 Å². The first-order valence-corrected chi connectivity index (χ1v) is 12.1. The van der Waals surface area contributed by atoms with Crippen molar-refractivity contribution in [3.05, 3.63) is 41.6 Å². The van der Waals surface area contributed by atoms with Crippen LogP contribution in [0.25, 0.3) is 0 Å². The molecule has 0 unspecified atom stereocenters. The van der Waals surface area contributed by atoms with Gasteiger partial charge in [-0.3, -0.25) is 4.68 Å². The minimum absolute atomic E-state index is 0.175. The van der Waals surface area contributed by atoms with E-state index in [4.69, 9.17) is 4.74 Å². The van der Waals surface area contributed by atoms with Gasteiger partial charge in [0.1, 0.15) is 6.04 Å². The summed E-state index contributed by atoms with van der Waals surface area (Å²) in [6, 6.07) is 4.50. The Kier molecular flexibility index (Phi) is 6.16. The highest BCUT2D eigenvalue weighted by Gasteiger charge is 2.47. The van der Waals surface area contributed by atoms with E-state index >= 15 is 0 Å². The van der Waals surface area contributed by atoms with E-state index in [-0.39, 0.29) is 18.9 Å². The van der Waals surface area contributed by atoms with Crippen LogP contribution in [0.3, 0.4) is 0 Å². The maximum atomic E-state index is 13.4. The molecule has 4 rings (SSSR count). The first kappa shape index (κ1) is 23.6. The Morgan fingerprint density at radius 2 is 1.88 bits per heavy atom. The summed E-state index contributed by atoms with van der Waals surface area (Å²) in [7, 11) is -2.73. The molecule has 2 fully saturated rings.